The predicted molar refractivity (Wildman–Crippen MR) is 101 cm³/mol. The first-order valence-corrected chi connectivity index (χ1v) is 8.91. The lowest BCUT2D eigenvalue weighted by atomic mass is 10.1. The average Bonchev–Trinajstić information content (AvgIpc) is 2.64. The number of benzene rings is 2. The molecule has 1 saturated heterocycles. The largest absolute Gasteiger partial charge is 0.336 e. The van der Waals surface area contributed by atoms with Gasteiger partial charge in [0.1, 0.15) is 0 Å². The zero-order chi connectivity index (χ0) is 18.7. The van der Waals surface area contributed by atoms with Gasteiger partial charge in [0.05, 0.1) is 20.5 Å². The summed E-state index contributed by atoms with van der Waals surface area (Å²) in [7, 11) is 0. The quantitative estimate of drug-likeness (QED) is 0.584. The van der Waals surface area contributed by atoms with Crippen molar-refractivity contribution in [1.29, 1.82) is 0 Å². The van der Waals surface area contributed by atoms with Crippen LogP contribution >= 0.6 is 23.2 Å². The van der Waals surface area contributed by atoms with Crippen LogP contribution in [0.4, 0.5) is 5.69 Å². The monoisotopic (exact) mass is 393 g/mol. The molecule has 26 heavy (non-hydrogen) atoms. The number of halogens is 2. The zero-order valence-electron chi connectivity index (χ0n) is 13.9. The third kappa shape index (κ3) is 3.98. The van der Waals surface area contributed by atoms with E-state index in [0.717, 1.165) is 0 Å². The minimum atomic E-state index is -0.365. The Bertz CT molecular complexity index is 836. The fourth-order valence-electron chi connectivity index (χ4n) is 3.01. The number of carbonyl (C=O) groups is 1. The highest BCUT2D eigenvalue weighted by molar-refractivity contribution is 6.43. The zero-order valence-corrected chi connectivity index (χ0v) is 15.4. The molecule has 1 aliphatic heterocycles. The van der Waals surface area contributed by atoms with Crippen molar-refractivity contribution in [3.8, 4) is 0 Å². The maximum atomic E-state index is 12.7. The molecule has 1 heterocycles. The molecule has 0 N–H and O–H groups in total. The molecule has 0 aliphatic carbocycles. The van der Waals surface area contributed by atoms with E-state index in [1.165, 1.54) is 6.07 Å². The normalized spacial score (nSPS) is 15.1. The number of nitro groups is 1. The highest BCUT2D eigenvalue weighted by atomic mass is 35.5. The van der Waals surface area contributed by atoms with E-state index in [2.05, 4.69) is 4.90 Å². The van der Waals surface area contributed by atoms with Crippen molar-refractivity contribution in [1.82, 2.24) is 9.80 Å². The molecule has 1 amide bonds. The first-order chi connectivity index (χ1) is 12.5. The number of hydrogen-bond acceptors (Lipinski definition) is 4. The van der Waals surface area contributed by atoms with Gasteiger partial charge in [-0.15, -0.1) is 0 Å². The Kier molecular flexibility index (Phi) is 5.76. The molecule has 2 aromatic rings. The second-order valence-electron chi connectivity index (χ2n) is 6.06. The van der Waals surface area contributed by atoms with E-state index < -0.39 is 0 Å². The number of para-hydroxylation sites is 1. The third-order valence-corrected chi connectivity index (χ3v) is 5.24. The van der Waals surface area contributed by atoms with Crippen LogP contribution in [0.15, 0.2) is 42.5 Å². The Balaban J connectivity index is 1.64. The van der Waals surface area contributed by atoms with Crippen molar-refractivity contribution in [2.45, 2.75) is 6.54 Å². The number of amides is 1. The molecule has 136 valence electrons. The summed E-state index contributed by atoms with van der Waals surface area (Å²) in [6.07, 6.45) is 0. The van der Waals surface area contributed by atoms with Gasteiger partial charge >= 0.3 is 0 Å². The minimum absolute atomic E-state index is 0.122. The van der Waals surface area contributed by atoms with E-state index in [1.807, 2.05) is 0 Å². The van der Waals surface area contributed by atoms with E-state index >= 15 is 0 Å². The Morgan fingerprint density at radius 1 is 1.04 bits per heavy atom. The van der Waals surface area contributed by atoms with Crippen molar-refractivity contribution >= 4 is 34.8 Å². The molecule has 2 aromatic carbocycles. The van der Waals surface area contributed by atoms with Gasteiger partial charge in [-0.05, 0) is 12.1 Å². The van der Waals surface area contributed by atoms with Crippen LogP contribution < -0.4 is 0 Å². The lowest BCUT2D eigenvalue weighted by Crippen LogP contribution is -2.48. The van der Waals surface area contributed by atoms with E-state index in [-0.39, 0.29) is 21.5 Å². The van der Waals surface area contributed by atoms with Gasteiger partial charge < -0.3 is 4.90 Å². The Morgan fingerprint density at radius 3 is 2.42 bits per heavy atom. The Hall–Kier alpha value is -2.15. The van der Waals surface area contributed by atoms with Gasteiger partial charge in [0, 0.05) is 44.4 Å². The predicted octanol–water partition coefficient (Wildman–Crippen LogP) is 3.86. The maximum Gasteiger partial charge on any atom is 0.273 e. The summed E-state index contributed by atoms with van der Waals surface area (Å²) in [6.45, 7) is 2.81. The second-order valence-corrected chi connectivity index (χ2v) is 6.84. The van der Waals surface area contributed by atoms with Crippen LogP contribution in [0, 0.1) is 10.1 Å². The van der Waals surface area contributed by atoms with Crippen LogP contribution in [0.5, 0.6) is 0 Å². The van der Waals surface area contributed by atoms with Gasteiger partial charge in [0.25, 0.3) is 11.6 Å². The molecule has 0 aromatic heterocycles. The van der Waals surface area contributed by atoms with Gasteiger partial charge in [0.15, 0.2) is 0 Å². The molecular weight excluding hydrogens is 377 g/mol. The number of carbonyl (C=O) groups excluding carboxylic acids is 1. The van der Waals surface area contributed by atoms with Gasteiger partial charge in [-0.25, -0.2) is 0 Å². The fraction of sp³-hybridized carbons (Fsp3) is 0.278. The van der Waals surface area contributed by atoms with Crippen molar-refractivity contribution in [2.75, 3.05) is 26.2 Å². The summed E-state index contributed by atoms with van der Waals surface area (Å²) in [5.74, 6) is -0.150. The summed E-state index contributed by atoms with van der Waals surface area (Å²) in [5, 5.41) is 11.8. The van der Waals surface area contributed by atoms with Crippen LogP contribution in [-0.2, 0) is 6.54 Å². The standard InChI is InChI=1S/C18H17Cl2N3O3/c19-15-6-3-5-14(17(15)20)18(24)22-10-8-21(9-11-22)12-13-4-1-2-7-16(13)23(25)26/h1-7H,8-12H2. The average molecular weight is 394 g/mol. The fourth-order valence-corrected chi connectivity index (χ4v) is 3.39. The maximum absolute atomic E-state index is 12.7. The molecule has 0 spiro atoms. The molecule has 3 rings (SSSR count). The first kappa shape index (κ1) is 18.6. The molecule has 0 saturated carbocycles. The lowest BCUT2D eigenvalue weighted by Gasteiger charge is -2.34. The lowest BCUT2D eigenvalue weighted by molar-refractivity contribution is -0.385. The first-order valence-electron chi connectivity index (χ1n) is 8.15. The molecular formula is C18H17Cl2N3O3. The van der Waals surface area contributed by atoms with Gasteiger partial charge in [-0.2, -0.15) is 0 Å². The summed E-state index contributed by atoms with van der Waals surface area (Å²) < 4.78 is 0. The number of hydrogen-bond donors (Lipinski definition) is 0. The molecule has 0 radical (unpaired) electrons. The van der Waals surface area contributed by atoms with Gasteiger partial charge in [-0.3, -0.25) is 19.8 Å². The highest BCUT2D eigenvalue weighted by Gasteiger charge is 2.25. The van der Waals surface area contributed by atoms with Crippen LogP contribution in [0.1, 0.15) is 15.9 Å². The second kappa shape index (κ2) is 8.03. The van der Waals surface area contributed by atoms with Crippen molar-refractivity contribution < 1.29 is 9.72 Å². The summed E-state index contributed by atoms with van der Waals surface area (Å²) >= 11 is 12.1. The molecule has 1 aliphatic rings. The molecule has 0 atom stereocenters. The van der Waals surface area contributed by atoms with Crippen LogP contribution in [0.25, 0.3) is 0 Å². The Labute approximate surface area is 161 Å². The molecule has 0 bridgehead atoms. The number of piperazine rings is 1. The molecule has 0 unspecified atom stereocenters. The van der Waals surface area contributed by atoms with E-state index in [1.54, 1.807) is 41.3 Å². The Morgan fingerprint density at radius 2 is 1.73 bits per heavy atom. The summed E-state index contributed by atoms with van der Waals surface area (Å²) in [6, 6.07) is 11.7. The highest BCUT2D eigenvalue weighted by Crippen LogP contribution is 2.27. The summed E-state index contributed by atoms with van der Waals surface area (Å²) in [4.78, 5) is 27.3. The van der Waals surface area contributed by atoms with Crippen LogP contribution in [0.3, 0.4) is 0 Å². The number of rotatable bonds is 4. The molecule has 1 fully saturated rings. The third-order valence-electron chi connectivity index (χ3n) is 4.42. The number of nitrogens with zero attached hydrogens (tertiary/aromatic N) is 3. The molecule has 8 heteroatoms. The van der Waals surface area contributed by atoms with Crippen molar-refractivity contribution in [3.63, 3.8) is 0 Å². The van der Waals surface area contributed by atoms with E-state index in [9.17, 15) is 14.9 Å². The van der Waals surface area contributed by atoms with Crippen LogP contribution in [0.2, 0.25) is 10.0 Å². The SMILES string of the molecule is O=C(c1cccc(Cl)c1Cl)N1CCN(Cc2ccccc2[N+](=O)[O-])CC1. The van der Waals surface area contributed by atoms with Crippen molar-refractivity contribution in [2.24, 2.45) is 0 Å². The smallest absolute Gasteiger partial charge is 0.273 e. The van der Waals surface area contributed by atoms with E-state index in [0.29, 0.717) is 48.9 Å². The van der Waals surface area contributed by atoms with Crippen molar-refractivity contribution in [3.05, 3.63) is 73.8 Å². The topological polar surface area (TPSA) is 66.7 Å². The number of nitro benzene ring substituents is 1. The molecule has 6 nitrogen and oxygen atoms in total. The van der Waals surface area contributed by atoms with Crippen LogP contribution in [-0.4, -0.2) is 46.8 Å². The van der Waals surface area contributed by atoms with Gasteiger partial charge in [-0.1, -0.05) is 47.5 Å². The van der Waals surface area contributed by atoms with E-state index in [4.69, 9.17) is 23.2 Å². The summed E-state index contributed by atoms with van der Waals surface area (Å²) in [5.41, 5.74) is 1.19. The van der Waals surface area contributed by atoms with Gasteiger partial charge in [0.2, 0.25) is 0 Å². The minimum Gasteiger partial charge on any atom is -0.336 e.